The van der Waals surface area contributed by atoms with Gasteiger partial charge in [0.2, 0.25) is 10.0 Å². The number of hydrogen-bond donors (Lipinski definition) is 3. The van der Waals surface area contributed by atoms with Crippen LogP contribution in [-0.4, -0.2) is 26.4 Å². The van der Waals surface area contributed by atoms with Gasteiger partial charge >= 0.3 is 0 Å². The maximum atomic E-state index is 12.5. The lowest BCUT2D eigenvalue weighted by Crippen LogP contribution is -2.91. The zero-order valence-electron chi connectivity index (χ0n) is 16.4. The molecule has 28 heavy (non-hydrogen) atoms. The minimum Gasteiger partial charge on any atom is -0.330 e. The summed E-state index contributed by atoms with van der Waals surface area (Å²) in [5, 5.41) is 5.46. The first-order chi connectivity index (χ1) is 13.1. The summed E-state index contributed by atoms with van der Waals surface area (Å²) in [7, 11) is -3.55. The van der Waals surface area contributed by atoms with Crippen molar-refractivity contribution in [3.63, 3.8) is 0 Å². The van der Waals surface area contributed by atoms with Gasteiger partial charge in [0.25, 0.3) is 5.91 Å². The molecule has 0 radical (unpaired) electrons. The van der Waals surface area contributed by atoms with E-state index in [-0.39, 0.29) is 28.9 Å². The average molecular weight is 425 g/mol. The molecule has 8 heteroatoms. The van der Waals surface area contributed by atoms with Crippen molar-refractivity contribution >= 4 is 33.2 Å². The third kappa shape index (κ3) is 6.31. The summed E-state index contributed by atoms with van der Waals surface area (Å²) in [6.07, 6.45) is 0. The van der Waals surface area contributed by atoms with Crippen LogP contribution < -0.4 is 15.4 Å². The first kappa shape index (κ1) is 22.4. The summed E-state index contributed by atoms with van der Waals surface area (Å²) in [6, 6.07) is 13.2. The summed E-state index contributed by atoms with van der Waals surface area (Å²) >= 11 is 5.91. The molecule has 1 amide bonds. The molecule has 0 aliphatic heterocycles. The number of quaternary nitrogens is 1. The molecule has 0 saturated carbocycles. The van der Waals surface area contributed by atoms with Crippen LogP contribution in [-0.2, 0) is 14.8 Å². The minimum absolute atomic E-state index is 0.0904. The van der Waals surface area contributed by atoms with E-state index in [4.69, 9.17) is 11.6 Å². The normalized spacial score (nSPS) is 13.9. The van der Waals surface area contributed by atoms with Gasteiger partial charge in [-0.1, -0.05) is 23.7 Å². The smallest absolute Gasteiger partial charge is 0.282 e. The van der Waals surface area contributed by atoms with Gasteiger partial charge in [-0.05, 0) is 64.1 Å². The molecule has 0 unspecified atom stereocenters. The van der Waals surface area contributed by atoms with E-state index in [2.05, 4.69) is 10.0 Å². The van der Waals surface area contributed by atoms with Crippen LogP contribution in [0.25, 0.3) is 0 Å². The number of nitrogens with one attached hydrogen (secondary N) is 2. The molecule has 2 rings (SSSR count). The highest BCUT2D eigenvalue weighted by molar-refractivity contribution is 7.89. The van der Waals surface area contributed by atoms with Gasteiger partial charge < -0.3 is 10.6 Å². The highest BCUT2D eigenvalue weighted by atomic mass is 35.5. The van der Waals surface area contributed by atoms with Crippen molar-refractivity contribution < 1.29 is 18.5 Å². The van der Waals surface area contributed by atoms with Gasteiger partial charge in [0, 0.05) is 22.3 Å². The summed E-state index contributed by atoms with van der Waals surface area (Å²) in [6.45, 7) is 7.37. The molecule has 0 spiro atoms. The van der Waals surface area contributed by atoms with E-state index >= 15 is 0 Å². The van der Waals surface area contributed by atoms with E-state index in [1.165, 1.54) is 12.1 Å². The minimum atomic E-state index is -3.55. The molecule has 152 valence electrons. The number of carbonyl (C=O) groups excluding carboxylic acids is 1. The predicted octanol–water partition coefficient (Wildman–Crippen LogP) is 2.68. The fourth-order valence-electron chi connectivity index (χ4n) is 2.75. The van der Waals surface area contributed by atoms with Crippen molar-refractivity contribution in [2.45, 2.75) is 50.7 Å². The Morgan fingerprint density at radius 3 is 2.07 bits per heavy atom. The Bertz CT molecular complexity index is 897. The fraction of sp³-hybridized carbons (Fsp3) is 0.350. The molecule has 0 aliphatic carbocycles. The Hall–Kier alpha value is -1.93. The standard InChI is InChI=1S/C20H26ClN3O3S/c1-13(2)24-28(26,27)19-11-9-18(10-12-19)23-20(25)15(4)22-14(3)16-5-7-17(21)8-6-16/h5-15,22,24H,1-4H3,(H,23,25)/p+1/t14-,15-/m0/s1. The Balaban J connectivity index is 1.97. The Morgan fingerprint density at radius 2 is 1.54 bits per heavy atom. The second kappa shape index (κ2) is 9.52. The van der Waals surface area contributed by atoms with Crippen molar-refractivity contribution in [1.82, 2.24) is 4.72 Å². The molecule has 0 fully saturated rings. The number of anilines is 1. The van der Waals surface area contributed by atoms with Gasteiger partial charge in [0.05, 0.1) is 4.90 Å². The predicted molar refractivity (Wildman–Crippen MR) is 112 cm³/mol. The molecule has 0 saturated heterocycles. The maximum Gasteiger partial charge on any atom is 0.282 e. The van der Waals surface area contributed by atoms with E-state index in [0.717, 1.165) is 5.56 Å². The number of sulfonamides is 1. The molecule has 0 aromatic heterocycles. The highest BCUT2D eigenvalue weighted by Crippen LogP contribution is 2.15. The SMILES string of the molecule is CC(C)NS(=O)(=O)c1ccc(NC(=O)[C@H](C)[NH2+][C@@H](C)c2ccc(Cl)cc2)cc1. The van der Waals surface area contributed by atoms with Gasteiger partial charge in [0.15, 0.2) is 6.04 Å². The molecule has 0 bridgehead atoms. The second-order valence-electron chi connectivity index (χ2n) is 7.11. The van der Waals surface area contributed by atoms with E-state index in [0.29, 0.717) is 10.7 Å². The maximum absolute atomic E-state index is 12.5. The van der Waals surface area contributed by atoms with Crippen molar-refractivity contribution in [3.8, 4) is 0 Å². The molecule has 6 nitrogen and oxygen atoms in total. The molecular formula is C20H27ClN3O3S+. The Morgan fingerprint density at radius 1 is 0.964 bits per heavy atom. The number of benzene rings is 2. The summed E-state index contributed by atoms with van der Waals surface area (Å²) in [5.74, 6) is -0.156. The van der Waals surface area contributed by atoms with Gasteiger partial charge in [-0.25, -0.2) is 13.1 Å². The van der Waals surface area contributed by atoms with Crippen LogP contribution in [0.4, 0.5) is 5.69 Å². The molecule has 2 aromatic carbocycles. The van der Waals surface area contributed by atoms with Crippen molar-refractivity contribution in [2.75, 3.05) is 5.32 Å². The number of halogens is 1. The summed E-state index contributed by atoms with van der Waals surface area (Å²) < 4.78 is 26.8. The van der Waals surface area contributed by atoms with Gasteiger partial charge in [0.1, 0.15) is 6.04 Å². The first-order valence-electron chi connectivity index (χ1n) is 9.12. The molecule has 0 aliphatic rings. The highest BCUT2D eigenvalue weighted by Gasteiger charge is 2.21. The number of nitrogens with two attached hydrogens (primary N) is 1. The third-order valence-corrected chi connectivity index (χ3v) is 6.14. The van der Waals surface area contributed by atoms with E-state index in [9.17, 15) is 13.2 Å². The van der Waals surface area contributed by atoms with Crippen LogP contribution in [0.2, 0.25) is 5.02 Å². The lowest BCUT2D eigenvalue weighted by molar-refractivity contribution is -0.709. The summed E-state index contributed by atoms with van der Waals surface area (Å²) in [5.41, 5.74) is 1.63. The van der Waals surface area contributed by atoms with Gasteiger partial charge in [-0.15, -0.1) is 0 Å². The quantitative estimate of drug-likeness (QED) is 0.608. The lowest BCUT2D eigenvalue weighted by Gasteiger charge is -2.17. The van der Waals surface area contributed by atoms with Gasteiger partial charge in [-0.3, -0.25) is 4.79 Å². The first-order valence-corrected chi connectivity index (χ1v) is 11.0. The van der Waals surface area contributed by atoms with Crippen molar-refractivity contribution in [1.29, 1.82) is 0 Å². The molecule has 2 aromatic rings. The topological polar surface area (TPSA) is 91.9 Å². The van der Waals surface area contributed by atoms with Crippen molar-refractivity contribution in [3.05, 3.63) is 59.1 Å². The van der Waals surface area contributed by atoms with E-state index in [1.54, 1.807) is 26.0 Å². The van der Waals surface area contributed by atoms with Crippen LogP contribution >= 0.6 is 11.6 Å². The number of rotatable bonds is 8. The van der Waals surface area contributed by atoms with E-state index < -0.39 is 10.0 Å². The Kier molecular flexibility index (Phi) is 7.60. The summed E-state index contributed by atoms with van der Waals surface area (Å²) in [4.78, 5) is 12.6. The van der Waals surface area contributed by atoms with Crippen LogP contribution in [0, 0.1) is 0 Å². The molecule has 4 N–H and O–H groups in total. The second-order valence-corrected chi connectivity index (χ2v) is 9.26. The average Bonchev–Trinajstić information content (AvgIpc) is 2.61. The van der Waals surface area contributed by atoms with Crippen LogP contribution in [0.5, 0.6) is 0 Å². The van der Waals surface area contributed by atoms with Crippen LogP contribution in [0.15, 0.2) is 53.4 Å². The van der Waals surface area contributed by atoms with Gasteiger partial charge in [-0.2, -0.15) is 0 Å². The monoisotopic (exact) mass is 424 g/mol. The third-order valence-electron chi connectivity index (χ3n) is 4.21. The number of hydrogen-bond acceptors (Lipinski definition) is 3. The largest absolute Gasteiger partial charge is 0.330 e. The fourth-order valence-corrected chi connectivity index (χ4v) is 4.13. The molecule has 0 heterocycles. The molecule has 2 atom stereocenters. The zero-order valence-corrected chi connectivity index (χ0v) is 18.0. The zero-order chi connectivity index (χ0) is 20.9. The Labute approximate surface area is 171 Å². The van der Waals surface area contributed by atoms with Crippen molar-refractivity contribution in [2.24, 2.45) is 0 Å². The number of carbonyl (C=O) groups is 1. The lowest BCUT2D eigenvalue weighted by atomic mass is 10.1. The molecular weight excluding hydrogens is 398 g/mol. The number of amides is 1. The van der Waals surface area contributed by atoms with E-state index in [1.807, 2.05) is 43.4 Å². The van der Waals surface area contributed by atoms with Crippen LogP contribution in [0.3, 0.4) is 0 Å². The van der Waals surface area contributed by atoms with Crippen LogP contribution in [0.1, 0.15) is 39.3 Å².